The molecule has 112 valence electrons. The van der Waals surface area contributed by atoms with Crippen LogP contribution in [-0.4, -0.2) is 17.4 Å². The first-order valence-corrected chi connectivity index (χ1v) is 7.74. The molecular formula is C18H22O3. The third-order valence-corrected chi connectivity index (χ3v) is 4.57. The Balaban J connectivity index is 1.99. The molecule has 21 heavy (non-hydrogen) atoms. The van der Waals surface area contributed by atoms with E-state index in [2.05, 4.69) is 0 Å². The quantitative estimate of drug-likeness (QED) is 0.583. The summed E-state index contributed by atoms with van der Waals surface area (Å²) in [7, 11) is 0. The average Bonchev–Trinajstić information content (AvgIpc) is 2.86. The van der Waals surface area contributed by atoms with Gasteiger partial charge in [-0.05, 0) is 51.0 Å². The van der Waals surface area contributed by atoms with E-state index in [1.54, 1.807) is 0 Å². The number of carbonyl (C=O) groups excluding carboxylic acids is 2. The zero-order valence-electron chi connectivity index (χ0n) is 12.9. The van der Waals surface area contributed by atoms with Gasteiger partial charge >= 0.3 is 5.97 Å². The second-order valence-corrected chi connectivity index (χ2v) is 7.16. The highest BCUT2D eigenvalue weighted by Gasteiger charge is 2.48. The van der Waals surface area contributed by atoms with Crippen LogP contribution in [0.4, 0.5) is 0 Å². The lowest BCUT2D eigenvalue weighted by atomic mass is 9.70. The van der Waals surface area contributed by atoms with Gasteiger partial charge < -0.3 is 4.74 Å². The van der Waals surface area contributed by atoms with Gasteiger partial charge in [0.1, 0.15) is 11.5 Å². The number of rotatable bonds is 1. The second-order valence-electron chi connectivity index (χ2n) is 7.16. The molecule has 3 rings (SSSR count). The lowest BCUT2D eigenvalue weighted by molar-refractivity contribution is -0.160. The van der Waals surface area contributed by atoms with Gasteiger partial charge in [0.2, 0.25) is 0 Å². The van der Waals surface area contributed by atoms with Crippen molar-refractivity contribution in [1.29, 1.82) is 0 Å². The number of ketones is 1. The number of Topliss-reactive ketones (excluding diaryl/α,β-unsaturated/α-hetero) is 1. The molecule has 0 aliphatic heterocycles. The van der Waals surface area contributed by atoms with Crippen LogP contribution in [0.15, 0.2) is 24.3 Å². The van der Waals surface area contributed by atoms with Crippen molar-refractivity contribution >= 4 is 11.8 Å². The number of esters is 1. The Morgan fingerprint density at radius 2 is 1.90 bits per heavy atom. The van der Waals surface area contributed by atoms with Crippen LogP contribution in [0.2, 0.25) is 0 Å². The van der Waals surface area contributed by atoms with E-state index < -0.39 is 11.5 Å². The standard InChI is InChI=1S/C18H22O3/c1-18(2,3)21-17(20)15-13-10-6-9-11(13)12-7-4-5-8-14(12)16(15)19/h4-5,7-8,11,13,15H,6,9-10H2,1-3H3/t11-,13-,15?/m0/s1. The van der Waals surface area contributed by atoms with Crippen molar-refractivity contribution < 1.29 is 14.3 Å². The molecule has 0 heterocycles. The van der Waals surface area contributed by atoms with Crippen LogP contribution in [0.1, 0.15) is 61.9 Å². The summed E-state index contributed by atoms with van der Waals surface area (Å²) in [6, 6.07) is 7.75. The predicted molar refractivity (Wildman–Crippen MR) is 80.2 cm³/mol. The van der Waals surface area contributed by atoms with Gasteiger partial charge in [0, 0.05) is 5.56 Å². The van der Waals surface area contributed by atoms with Gasteiger partial charge in [0.25, 0.3) is 0 Å². The first-order valence-electron chi connectivity index (χ1n) is 7.74. The monoisotopic (exact) mass is 286 g/mol. The number of carbonyl (C=O) groups is 2. The largest absolute Gasteiger partial charge is 0.459 e. The van der Waals surface area contributed by atoms with E-state index in [-0.39, 0.29) is 17.7 Å². The van der Waals surface area contributed by atoms with Crippen molar-refractivity contribution in [3.8, 4) is 0 Å². The summed E-state index contributed by atoms with van der Waals surface area (Å²) in [6.07, 6.45) is 3.08. The minimum atomic E-state index is -0.619. The molecule has 0 bridgehead atoms. The van der Waals surface area contributed by atoms with Gasteiger partial charge in [-0.1, -0.05) is 30.7 Å². The molecule has 0 aromatic heterocycles. The Morgan fingerprint density at radius 3 is 2.62 bits per heavy atom. The van der Waals surface area contributed by atoms with Crippen molar-refractivity contribution in [1.82, 2.24) is 0 Å². The molecule has 3 atom stereocenters. The molecule has 1 aromatic carbocycles. The third kappa shape index (κ3) is 2.50. The lowest BCUT2D eigenvalue weighted by Gasteiger charge is -2.34. The van der Waals surface area contributed by atoms with Crippen molar-refractivity contribution in [2.75, 3.05) is 0 Å². The topological polar surface area (TPSA) is 43.4 Å². The highest BCUT2D eigenvalue weighted by molar-refractivity contribution is 6.11. The number of benzene rings is 1. The Bertz CT molecular complexity index is 582. The fourth-order valence-electron chi connectivity index (χ4n) is 3.83. The van der Waals surface area contributed by atoms with E-state index in [4.69, 9.17) is 4.74 Å². The normalized spacial score (nSPS) is 28.0. The van der Waals surface area contributed by atoms with E-state index in [1.165, 1.54) is 0 Å². The summed E-state index contributed by atoms with van der Waals surface area (Å²) in [5, 5.41) is 0. The van der Waals surface area contributed by atoms with Crippen LogP contribution < -0.4 is 0 Å². The van der Waals surface area contributed by atoms with Gasteiger partial charge in [0.15, 0.2) is 5.78 Å². The van der Waals surface area contributed by atoms with Crippen LogP contribution in [0, 0.1) is 11.8 Å². The van der Waals surface area contributed by atoms with Crippen LogP contribution in [0.25, 0.3) is 0 Å². The zero-order valence-corrected chi connectivity index (χ0v) is 12.9. The van der Waals surface area contributed by atoms with Crippen LogP contribution in [0.3, 0.4) is 0 Å². The van der Waals surface area contributed by atoms with Crippen molar-refractivity contribution in [3.05, 3.63) is 35.4 Å². The summed E-state index contributed by atoms with van der Waals surface area (Å²) in [4.78, 5) is 25.3. The van der Waals surface area contributed by atoms with Crippen LogP contribution >= 0.6 is 0 Å². The maximum absolute atomic E-state index is 12.8. The van der Waals surface area contributed by atoms with Crippen molar-refractivity contribution in [2.45, 2.75) is 51.6 Å². The molecule has 0 amide bonds. The Labute approximate surface area is 125 Å². The molecule has 0 N–H and O–H groups in total. The number of hydrogen-bond acceptors (Lipinski definition) is 3. The molecule has 2 aliphatic rings. The molecule has 2 aliphatic carbocycles. The molecule has 1 aromatic rings. The van der Waals surface area contributed by atoms with E-state index in [9.17, 15) is 9.59 Å². The maximum Gasteiger partial charge on any atom is 0.317 e. The van der Waals surface area contributed by atoms with Gasteiger partial charge in [-0.3, -0.25) is 9.59 Å². The summed E-state index contributed by atoms with van der Waals surface area (Å²) < 4.78 is 5.51. The molecule has 0 radical (unpaired) electrons. The van der Waals surface area contributed by atoms with E-state index in [0.29, 0.717) is 5.92 Å². The average molecular weight is 286 g/mol. The SMILES string of the molecule is CC(C)(C)OC(=O)C1C(=O)c2ccccc2[C@@H]2CCC[C@H]12. The number of fused-ring (bicyclic) bond motifs is 3. The van der Waals surface area contributed by atoms with Crippen LogP contribution in [0.5, 0.6) is 0 Å². The Morgan fingerprint density at radius 1 is 1.19 bits per heavy atom. The van der Waals surface area contributed by atoms with Gasteiger partial charge in [-0.15, -0.1) is 0 Å². The maximum atomic E-state index is 12.8. The molecular weight excluding hydrogens is 264 g/mol. The molecule has 1 fully saturated rings. The number of ether oxygens (including phenoxy) is 1. The summed E-state index contributed by atoms with van der Waals surface area (Å²) in [5.74, 6) is -0.577. The molecule has 3 nitrogen and oxygen atoms in total. The molecule has 0 saturated heterocycles. The van der Waals surface area contributed by atoms with Gasteiger partial charge in [-0.25, -0.2) is 0 Å². The smallest absolute Gasteiger partial charge is 0.317 e. The summed E-state index contributed by atoms with van der Waals surface area (Å²) in [5.41, 5.74) is 1.30. The van der Waals surface area contributed by atoms with Crippen molar-refractivity contribution in [3.63, 3.8) is 0 Å². The number of hydrogen-bond donors (Lipinski definition) is 0. The Hall–Kier alpha value is -1.64. The lowest BCUT2D eigenvalue weighted by Crippen LogP contribution is -2.41. The molecule has 3 heteroatoms. The van der Waals surface area contributed by atoms with E-state index >= 15 is 0 Å². The third-order valence-electron chi connectivity index (χ3n) is 4.57. The zero-order chi connectivity index (χ0) is 15.2. The predicted octanol–water partition coefficient (Wildman–Crippen LogP) is 3.72. The van der Waals surface area contributed by atoms with E-state index in [1.807, 2.05) is 45.0 Å². The van der Waals surface area contributed by atoms with Gasteiger partial charge in [-0.2, -0.15) is 0 Å². The summed E-state index contributed by atoms with van der Waals surface area (Å²) in [6.45, 7) is 5.54. The van der Waals surface area contributed by atoms with Crippen LogP contribution in [-0.2, 0) is 9.53 Å². The minimum absolute atomic E-state index is 0.0528. The first kappa shape index (κ1) is 14.3. The highest BCUT2D eigenvalue weighted by Crippen LogP contribution is 2.49. The second kappa shape index (κ2) is 4.97. The fourth-order valence-corrected chi connectivity index (χ4v) is 3.83. The molecule has 0 spiro atoms. The minimum Gasteiger partial charge on any atom is -0.459 e. The highest BCUT2D eigenvalue weighted by atomic mass is 16.6. The Kier molecular flexibility index (Phi) is 3.39. The first-order chi connectivity index (χ1) is 9.88. The fraction of sp³-hybridized carbons (Fsp3) is 0.556. The molecule has 1 unspecified atom stereocenters. The van der Waals surface area contributed by atoms with Gasteiger partial charge in [0.05, 0.1) is 0 Å². The molecule has 1 saturated carbocycles. The summed E-state index contributed by atoms with van der Waals surface area (Å²) >= 11 is 0. The van der Waals surface area contributed by atoms with E-state index in [0.717, 1.165) is 30.4 Å². The van der Waals surface area contributed by atoms with Crippen molar-refractivity contribution in [2.24, 2.45) is 11.8 Å².